The molecule has 2 aromatic rings. The molecule has 1 aromatic carbocycles. The highest BCUT2D eigenvalue weighted by Gasteiger charge is 2.12. The van der Waals surface area contributed by atoms with Gasteiger partial charge in [-0.15, -0.1) is 0 Å². The molecule has 0 fully saturated rings. The number of pyridine rings is 1. The minimum absolute atomic E-state index is 0.267. The zero-order chi connectivity index (χ0) is 14.9. The lowest BCUT2D eigenvalue weighted by Crippen LogP contribution is -2.14. The van der Waals surface area contributed by atoms with Crippen molar-refractivity contribution in [2.45, 2.75) is 13.8 Å². The maximum atomic E-state index is 12.2. The molecule has 0 unspecified atom stereocenters. The number of aryl methyl sites for hydroxylation is 2. The molecule has 0 saturated heterocycles. The maximum Gasteiger partial charge on any atom is 0.256 e. The quantitative estimate of drug-likeness (QED) is 0.802. The molecule has 0 saturated carbocycles. The number of anilines is 1. The summed E-state index contributed by atoms with van der Waals surface area (Å²) in [6.45, 7) is 3.66. The molecule has 104 valence electrons. The standard InChI is InChI=1S/C14H11BrCl2N2O/c1-7-5-9(3-4-10(7)15)14(20)19-13-12(17)6-11(16)8(2)18-13/h3-6H,1-2H3,(H,18,19,20). The van der Waals surface area contributed by atoms with Gasteiger partial charge in [0.25, 0.3) is 5.91 Å². The van der Waals surface area contributed by atoms with Gasteiger partial charge < -0.3 is 5.32 Å². The third-order valence-electron chi connectivity index (χ3n) is 2.76. The SMILES string of the molecule is Cc1cc(C(=O)Nc2nc(C)c(Cl)cc2Cl)ccc1Br. The summed E-state index contributed by atoms with van der Waals surface area (Å²) < 4.78 is 0.951. The van der Waals surface area contributed by atoms with Gasteiger partial charge in [0.05, 0.1) is 15.7 Å². The predicted molar refractivity (Wildman–Crippen MR) is 85.8 cm³/mol. The minimum atomic E-state index is -0.267. The average Bonchev–Trinajstić information content (AvgIpc) is 2.39. The van der Waals surface area contributed by atoms with Crippen molar-refractivity contribution in [3.05, 3.63) is 55.6 Å². The molecule has 20 heavy (non-hydrogen) atoms. The van der Waals surface area contributed by atoms with E-state index in [2.05, 4.69) is 26.2 Å². The fourth-order valence-electron chi connectivity index (χ4n) is 1.61. The fourth-order valence-corrected chi connectivity index (χ4v) is 2.26. The highest BCUT2D eigenvalue weighted by atomic mass is 79.9. The Morgan fingerprint density at radius 3 is 2.55 bits per heavy atom. The zero-order valence-electron chi connectivity index (χ0n) is 10.8. The lowest BCUT2D eigenvalue weighted by molar-refractivity contribution is 0.102. The van der Waals surface area contributed by atoms with Gasteiger partial charge in [0, 0.05) is 10.0 Å². The maximum absolute atomic E-state index is 12.2. The first-order valence-corrected chi connectivity index (χ1v) is 7.33. The topological polar surface area (TPSA) is 42.0 Å². The first-order valence-electron chi connectivity index (χ1n) is 5.78. The normalized spacial score (nSPS) is 10.4. The van der Waals surface area contributed by atoms with Gasteiger partial charge in [0.1, 0.15) is 0 Å². The van der Waals surface area contributed by atoms with Crippen molar-refractivity contribution in [1.29, 1.82) is 0 Å². The highest BCUT2D eigenvalue weighted by molar-refractivity contribution is 9.10. The largest absolute Gasteiger partial charge is 0.305 e. The van der Waals surface area contributed by atoms with Crippen LogP contribution in [0.15, 0.2) is 28.7 Å². The lowest BCUT2D eigenvalue weighted by Gasteiger charge is -2.09. The predicted octanol–water partition coefficient (Wildman–Crippen LogP) is 5.02. The van der Waals surface area contributed by atoms with Gasteiger partial charge in [0.15, 0.2) is 5.82 Å². The number of aromatic nitrogens is 1. The van der Waals surface area contributed by atoms with Crippen molar-refractivity contribution in [1.82, 2.24) is 4.98 Å². The number of carbonyl (C=O) groups excluding carboxylic acids is 1. The molecule has 0 aliphatic carbocycles. The summed E-state index contributed by atoms with van der Waals surface area (Å²) in [4.78, 5) is 16.3. The third kappa shape index (κ3) is 3.32. The molecular weight excluding hydrogens is 363 g/mol. The van der Waals surface area contributed by atoms with Gasteiger partial charge >= 0.3 is 0 Å². The Kier molecular flexibility index (Phi) is 4.68. The Bertz CT molecular complexity index is 689. The third-order valence-corrected chi connectivity index (χ3v) is 4.32. The Morgan fingerprint density at radius 2 is 1.90 bits per heavy atom. The van der Waals surface area contributed by atoms with Gasteiger partial charge in [0.2, 0.25) is 0 Å². The van der Waals surface area contributed by atoms with E-state index in [1.807, 2.05) is 13.0 Å². The average molecular weight is 374 g/mol. The monoisotopic (exact) mass is 372 g/mol. The molecule has 6 heteroatoms. The number of hydrogen-bond donors (Lipinski definition) is 1. The number of rotatable bonds is 2. The van der Waals surface area contributed by atoms with E-state index in [0.717, 1.165) is 10.0 Å². The highest BCUT2D eigenvalue weighted by Crippen LogP contribution is 2.26. The number of benzene rings is 1. The number of carbonyl (C=O) groups is 1. The summed E-state index contributed by atoms with van der Waals surface area (Å²) in [5, 5.41) is 3.46. The van der Waals surface area contributed by atoms with E-state index >= 15 is 0 Å². The first-order chi connectivity index (χ1) is 9.38. The van der Waals surface area contributed by atoms with Gasteiger partial charge in [-0.3, -0.25) is 4.79 Å². The summed E-state index contributed by atoms with van der Waals surface area (Å²) in [6, 6.07) is 6.90. The number of hydrogen-bond acceptors (Lipinski definition) is 2. The van der Waals surface area contributed by atoms with E-state index < -0.39 is 0 Å². The molecule has 1 heterocycles. The summed E-state index contributed by atoms with van der Waals surface area (Å²) in [7, 11) is 0. The number of amides is 1. The van der Waals surface area contributed by atoms with Crippen LogP contribution in [0.1, 0.15) is 21.6 Å². The van der Waals surface area contributed by atoms with Crippen LogP contribution in [0.4, 0.5) is 5.82 Å². The van der Waals surface area contributed by atoms with E-state index in [0.29, 0.717) is 27.1 Å². The van der Waals surface area contributed by atoms with Gasteiger partial charge in [-0.1, -0.05) is 39.1 Å². The van der Waals surface area contributed by atoms with E-state index in [1.54, 1.807) is 25.1 Å². The van der Waals surface area contributed by atoms with Crippen LogP contribution in [0.5, 0.6) is 0 Å². The minimum Gasteiger partial charge on any atom is -0.305 e. The van der Waals surface area contributed by atoms with Crippen molar-refractivity contribution in [2.24, 2.45) is 0 Å². The van der Waals surface area contributed by atoms with Gasteiger partial charge in [-0.2, -0.15) is 0 Å². The van der Waals surface area contributed by atoms with Crippen LogP contribution in [-0.2, 0) is 0 Å². The number of halogens is 3. The summed E-state index contributed by atoms with van der Waals surface area (Å²) in [6.07, 6.45) is 0. The lowest BCUT2D eigenvalue weighted by atomic mass is 10.1. The second kappa shape index (κ2) is 6.12. The molecule has 1 aromatic heterocycles. The second-order valence-electron chi connectivity index (χ2n) is 4.30. The van der Waals surface area contributed by atoms with E-state index in [9.17, 15) is 4.79 Å². The van der Waals surface area contributed by atoms with Gasteiger partial charge in [-0.05, 0) is 43.7 Å². The molecule has 1 N–H and O–H groups in total. The van der Waals surface area contributed by atoms with Crippen LogP contribution < -0.4 is 5.32 Å². The van der Waals surface area contributed by atoms with Crippen molar-refractivity contribution in [3.8, 4) is 0 Å². The molecule has 0 radical (unpaired) electrons. The van der Waals surface area contributed by atoms with Crippen molar-refractivity contribution >= 4 is 50.9 Å². The van der Waals surface area contributed by atoms with Crippen LogP contribution in [-0.4, -0.2) is 10.9 Å². The summed E-state index contributed by atoms with van der Waals surface area (Å²) >= 11 is 15.3. The van der Waals surface area contributed by atoms with Crippen LogP contribution >= 0.6 is 39.1 Å². The summed E-state index contributed by atoms with van der Waals surface area (Å²) in [5.41, 5.74) is 2.12. The number of nitrogens with one attached hydrogen (secondary N) is 1. The molecule has 0 spiro atoms. The van der Waals surface area contributed by atoms with Crippen molar-refractivity contribution in [3.63, 3.8) is 0 Å². The van der Waals surface area contributed by atoms with Crippen molar-refractivity contribution in [2.75, 3.05) is 5.32 Å². The van der Waals surface area contributed by atoms with Crippen LogP contribution in [0.25, 0.3) is 0 Å². The fraction of sp³-hybridized carbons (Fsp3) is 0.143. The number of nitrogens with zero attached hydrogens (tertiary/aromatic N) is 1. The smallest absolute Gasteiger partial charge is 0.256 e. The molecule has 2 rings (SSSR count). The second-order valence-corrected chi connectivity index (χ2v) is 5.97. The molecule has 0 aliphatic rings. The van der Waals surface area contributed by atoms with E-state index in [-0.39, 0.29) is 5.91 Å². The van der Waals surface area contributed by atoms with E-state index in [1.165, 1.54) is 0 Å². The molecular formula is C14H11BrCl2N2O. The summed E-state index contributed by atoms with van der Waals surface area (Å²) in [5.74, 6) is 0.0378. The van der Waals surface area contributed by atoms with Crippen molar-refractivity contribution < 1.29 is 4.79 Å². The Labute approximate surface area is 135 Å². The van der Waals surface area contributed by atoms with Crippen LogP contribution in [0.3, 0.4) is 0 Å². The molecule has 0 bridgehead atoms. The van der Waals surface area contributed by atoms with Gasteiger partial charge in [-0.25, -0.2) is 4.98 Å². The Hall–Kier alpha value is -1.10. The van der Waals surface area contributed by atoms with Crippen LogP contribution in [0, 0.1) is 13.8 Å². The first kappa shape index (κ1) is 15.3. The zero-order valence-corrected chi connectivity index (χ0v) is 13.9. The molecule has 3 nitrogen and oxygen atoms in total. The van der Waals surface area contributed by atoms with E-state index in [4.69, 9.17) is 23.2 Å². The Morgan fingerprint density at radius 1 is 1.20 bits per heavy atom. The molecule has 1 amide bonds. The Balaban J connectivity index is 2.27. The molecule has 0 aliphatic heterocycles. The molecule has 0 atom stereocenters. The van der Waals surface area contributed by atoms with Crippen LogP contribution in [0.2, 0.25) is 10.0 Å².